The Morgan fingerprint density at radius 2 is 2.09 bits per heavy atom. The van der Waals surface area contributed by atoms with Gasteiger partial charge >= 0.3 is 5.97 Å². The van der Waals surface area contributed by atoms with Crippen LogP contribution in [0.4, 0.5) is 0 Å². The number of aliphatic carboxylic acids is 1. The summed E-state index contributed by atoms with van der Waals surface area (Å²) in [5, 5.41) is 9.69. The second-order valence-corrected chi connectivity index (χ2v) is 8.13. The first-order valence-corrected chi connectivity index (χ1v) is 9.14. The molecule has 0 spiro atoms. The zero-order valence-corrected chi connectivity index (χ0v) is 13.2. The van der Waals surface area contributed by atoms with Gasteiger partial charge in [-0.05, 0) is 37.3 Å². The molecule has 2 heterocycles. The molecule has 1 aromatic heterocycles. The van der Waals surface area contributed by atoms with Gasteiger partial charge in [0.05, 0.1) is 6.42 Å². The van der Waals surface area contributed by atoms with Crippen LogP contribution in [0.15, 0.2) is 39.8 Å². The van der Waals surface area contributed by atoms with Crippen LogP contribution in [0.25, 0.3) is 11.0 Å². The lowest BCUT2D eigenvalue weighted by Crippen LogP contribution is -2.45. The molecule has 122 valence electrons. The van der Waals surface area contributed by atoms with Gasteiger partial charge in [-0.15, -0.1) is 0 Å². The first-order chi connectivity index (χ1) is 11.0. The summed E-state index contributed by atoms with van der Waals surface area (Å²) < 4.78 is 33.1. The quantitative estimate of drug-likeness (QED) is 0.927. The summed E-state index contributed by atoms with van der Waals surface area (Å²) in [6, 6.07) is 6.44. The van der Waals surface area contributed by atoms with Crippen LogP contribution >= 0.6 is 0 Å². The summed E-state index contributed by atoms with van der Waals surface area (Å²) >= 11 is 0. The molecule has 6 nitrogen and oxygen atoms in total. The van der Waals surface area contributed by atoms with E-state index in [4.69, 9.17) is 9.52 Å². The Bertz CT molecular complexity index is 871. The predicted molar refractivity (Wildman–Crippen MR) is 82.4 cm³/mol. The van der Waals surface area contributed by atoms with Gasteiger partial charge in [0.1, 0.15) is 16.7 Å². The maximum Gasteiger partial charge on any atom is 0.304 e. The number of rotatable bonds is 4. The summed E-state index contributed by atoms with van der Waals surface area (Å²) in [7, 11) is -3.77. The van der Waals surface area contributed by atoms with Gasteiger partial charge in [0.25, 0.3) is 0 Å². The van der Waals surface area contributed by atoms with Gasteiger partial charge in [0.2, 0.25) is 10.0 Å². The third-order valence-corrected chi connectivity index (χ3v) is 7.06. The van der Waals surface area contributed by atoms with Crippen molar-refractivity contribution in [3.8, 4) is 0 Å². The minimum atomic E-state index is -3.77. The van der Waals surface area contributed by atoms with E-state index in [-0.39, 0.29) is 23.3 Å². The van der Waals surface area contributed by atoms with E-state index in [1.807, 2.05) is 0 Å². The maximum absolute atomic E-state index is 13.2. The van der Waals surface area contributed by atoms with Gasteiger partial charge in [0, 0.05) is 17.5 Å². The molecule has 23 heavy (non-hydrogen) atoms. The maximum atomic E-state index is 13.2. The summed E-state index contributed by atoms with van der Waals surface area (Å²) in [5.74, 6) is -0.816. The highest BCUT2D eigenvalue weighted by Gasteiger charge is 2.52. The minimum Gasteiger partial charge on any atom is -0.481 e. The topological polar surface area (TPSA) is 87.8 Å². The molecule has 1 N–H and O–H groups in total. The first-order valence-electron chi connectivity index (χ1n) is 7.70. The highest BCUT2D eigenvalue weighted by atomic mass is 32.2. The molecular weight excluding hydrogens is 318 g/mol. The third kappa shape index (κ3) is 2.18. The fourth-order valence-electron chi connectivity index (χ4n) is 4.13. The summed E-state index contributed by atoms with van der Waals surface area (Å²) in [5.41, 5.74) is 0.519. The first kappa shape index (κ1) is 14.7. The van der Waals surface area contributed by atoms with Crippen molar-refractivity contribution in [1.29, 1.82) is 0 Å². The lowest BCUT2D eigenvalue weighted by molar-refractivity contribution is -0.138. The van der Waals surface area contributed by atoms with Gasteiger partial charge < -0.3 is 9.52 Å². The monoisotopic (exact) mass is 335 g/mol. The molecule has 1 aliphatic carbocycles. The van der Waals surface area contributed by atoms with Gasteiger partial charge in [-0.25, -0.2) is 8.42 Å². The molecule has 0 unspecified atom stereocenters. The minimum absolute atomic E-state index is 0.0944. The van der Waals surface area contributed by atoms with E-state index in [9.17, 15) is 13.2 Å². The predicted octanol–water partition coefficient (Wildman–Crippen LogP) is 2.45. The van der Waals surface area contributed by atoms with Gasteiger partial charge in [-0.2, -0.15) is 4.31 Å². The Balaban J connectivity index is 1.79. The molecule has 2 fully saturated rings. The molecular formula is C16H17NO5S. The Hall–Kier alpha value is -1.86. The third-order valence-electron chi connectivity index (χ3n) is 5.06. The van der Waals surface area contributed by atoms with Gasteiger partial charge in [-0.1, -0.05) is 12.1 Å². The fourth-order valence-corrected chi connectivity index (χ4v) is 6.16. The van der Waals surface area contributed by atoms with E-state index in [0.717, 1.165) is 19.3 Å². The highest BCUT2D eigenvalue weighted by molar-refractivity contribution is 7.89. The average molecular weight is 335 g/mol. The smallest absolute Gasteiger partial charge is 0.304 e. The Labute approximate surface area is 133 Å². The van der Waals surface area contributed by atoms with Crippen molar-refractivity contribution in [2.75, 3.05) is 0 Å². The second-order valence-electron chi connectivity index (χ2n) is 6.32. The van der Waals surface area contributed by atoms with E-state index < -0.39 is 22.0 Å². The van der Waals surface area contributed by atoms with Gasteiger partial charge in [-0.3, -0.25) is 4.79 Å². The van der Waals surface area contributed by atoms with Crippen LogP contribution in [0.2, 0.25) is 0 Å². The van der Waals surface area contributed by atoms with E-state index in [1.165, 1.54) is 10.6 Å². The van der Waals surface area contributed by atoms with Crippen LogP contribution in [-0.2, 0) is 14.8 Å². The number of carbonyl (C=O) groups is 1. The molecule has 0 amide bonds. The van der Waals surface area contributed by atoms with Crippen LogP contribution in [0, 0.1) is 5.92 Å². The van der Waals surface area contributed by atoms with Crippen molar-refractivity contribution >= 4 is 27.0 Å². The molecule has 2 aliphatic rings. The molecule has 2 aromatic rings. The number of hydrogen-bond acceptors (Lipinski definition) is 4. The van der Waals surface area contributed by atoms with Crippen molar-refractivity contribution in [3.63, 3.8) is 0 Å². The number of hydrogen-bond donors (Lipinski definition) is 1. The normalized spacial score (nSPS) is 27.7. The Morgan fingerprint density at radius 1 is 1.30 bits per heavy atom. The molecule has 2 bridgehead atoms. The number of nitrogens with zero attached hydrogens (tertiary/aromatic N) is 1. The second kappa shape index (κ2) is 5.07. The zero-order chi connectivity index (χ0) is 16.2. The van der Waals surface area contributed by atoms with Crippen molar-refractivity contribution in [2.45, 2.75) is 42.7 Å². The molecule has 1 saturated carbocycles. The van der Waals surface area contributed by atoms with Gasteiger partial charge in [0.15, 0.2) is 0 Å². The molecule has 1 aliphatic heterocycles. The number of benzene rings is 1. The lowest BCUT2D eigenvalue weighted by atomic mass is 9.97. The lowest BCUT2D eigenvalue weighted by Gasteiger charge is -2.33. The number of carboxylic acids is 1. The molecule has 1 aromatic carbocycles. The Morgan fingerprint density at radius 3 is 2.87 bits per heavy atom. The Kier molecular flexibility index (Phi) is 3.24. The van der Waals surface area contributed by atoms with Crippen LogP contribution in [0.1, 0.15) is 25.7 Å². The molecule has 0 radical (unpaired) electrons. The molecule has 4 rings (SSSR count). The molecule has 3 atom stereocenters. The van der Waals surface area contributed by atoms with Crippen molar-refractivity contribution in [3.05, 3.63) is 30.5 Å². The average Bonchev–Trinajstić information content (AvgIpc) is 3.20. The van der Waals surface area contributed by atoms with Crippen molar-refractivity contribution < 1.29 is 22.7 Å². The SMILES string of the molecule is O=C(O)C[C@@H]1[C@H]2CC[C@H](C2)N1S(=O)(=O)c1coc2ccccc12. The van der Waals surface area contributed by atoms with Crippen LogP contribution < -0.4 is 0 Å². The number of piperidine rings is 1. The summed E-state index contributed by atoms with van der Waals surface area (Å²) in [6.45, 7) is 0. The number of furan rings is 1. The van der Waals surface area contributed by atoms with E-state index >= 15 is 0 Å². The molecule has 7 heteroatoms. The summed E-state index contributed by atoms with van der Waals surface area (Å²) in [6.07, 6.45) is 3.59. The number of para-hydroxylation sites is 1. The molecule has 1 saturated heterocycles. The van der Waals surface area contributed by atoms with Crippen molar-refractivity contribution in [2.24, 2.45) is 5.92 Å². The van der Waals surface area contributed by atoms with Crippen molar-refractivity contribution in [1.82, 2.24) is 4.31 Å². The van der Waals surface area contributed by atoms with Crippen LogP contribution in [-0.4, -0.2) is 35.9 Å². The fraction of sp³-hybridized carbons (Fsp3) is 0.438. The highest BCUT2D eigenvalue weighted by Crippen LogP contribution is 2.47. The summed E-state index contributed by atoms with van der Waals surface area (Å²) in [4.78, 5) is 11.3. The number of fused-ring (bicyclic) bond motifs is 3. The number of sulfonamides is 1. The zero-order valence-electron chi connectivity index (χ0n) is 12.4. The number of carboxylic acid groups (broad SMARTS) is 1. The van der Waals surface area contributed by atoms with E-state index in [2.05, 4.69) is 0 Å². The van der Waals surface area contributed by atoms with E-state index in [0.29, 0.717) is 11.0 Å². The van der Waals surface area contributed by atoms with E-state index in [1.54, 1.807) is 24.3 Å². The standard InChI is InChI=1S/C16H17NO5S/c18-16(19)8-13-10-5-6-11(7-10)17(13)23(20,21)15-9-22-14-4-2-1-3-12(14)15/h1-4,9-11,13H,5-8H2,(H,18,19)/t10-,11+,13+/m0/s1. The van der Waals surface area contributed by atoms with Crippen LogP contribution in [0.3, 0.4) is 0 Å². The largest absolute Gasteiger partial charge is 0.481 e. The van der Waals surface area contributed by atoms with Crippen LogP contribution in [0.5, 0.6) is 0 Å².